The summed E-state index contributed by atoms with van der Waals surface area (Å²) in [5.41, 5.74) is 1.09. The van der Waals surface area contributed by atoms with Crippen molar-refractivity contribution in [2.24, 2.45) is 0 Å². The molecule has 0 aliphatic rings. The van der Waals surface area contributed by atoms with Crippen LogP contribution in [0, 0.1) is 0 Å². The second-order valence-electron chi connectivity index (χ2n) is 5.52. The minimum Gasteiger partial charge on any atom is -0.493 e. The molecule has 20 heavy (non-hydrogen) atoms. The van der Waals surface area contributed by atoms with Crippen LogP contribution in [-0.2, 0) is 6.54 Å². The molecule has 0 amide bonds. The Hall–Kier alpha value is -0.710. The summed E-state index contributed by atoms with van der Waals surface area (Å²) < 4.78 is 11.7. The first-order valence-corrected chi connectivity index (χ1v) is 7.47. The third-order valence-corrected chi connectivity index (χ3v) is 2.99. The zero-order chi connectivity index (χ0) is 15.3. The van der Waals surface area contributed by atoms with Gasteiger partial charge in [-0.25, -0.2) is 0 Å². The van der Waals surface area contributed by atoms with E-state index in [-0.39, 0.29) is 5.54 Å². The molecule has 1 rings (SSSR count). The summed E-state index contributed by atoms with van der Waals surface area (Å²) in [4.78, 5) is 0. The molecule has 0 spiro atoms. The molecule has 1 aromatic rings. The second kappa shape index (κ2) is 7.34. The summed E-state index contributed by atoms with van der Waals surface area (Å²) in [5, 5.41) is 3.94. The van der Waals surface area contributed by atoms with Crippen LogP contribution in [0.3, 0.4) is 0 Å². The van der Waals surface area contributed by atoms with Gasteiger partial charge in [0.05, 0.1) is 12.1 Å². The van der Waals surface area contributed by atoms with Crippen LogP contribution in [0.1, 0.15) is 26.3 Å². The molecule has 1 N–H and O–H groups in total. The Kier molecular flexibility index (Phi) is 6.37. The minimum absolute atomic E-state index is 0.0442. The maximum absolute atomic E-state index is 6.27. The molecule has 0 atom stereocenters. The second-order valence-corrected chi connectivity index (χ2v) is 7.05. The highest BCUT2D eigenvalue weighted by atomic mass is 79.9. The van der Waals surface area contributed by atoms with E-state index in [9.17, 15) is 0 Å². The molecule has 0 unspecified atom stereocenters. The molecule has 0 radical (unpaired) electrons. The van der Waals surface area contributed by atoms with Crippen LogP contribution in [0.5, 0.6) is 11.5 Å². The fraction of sp³-hybridized carbons (Fsp3) is 0.467. The first-order chi connectivity index (χ1) is 9.23. The van der Waals surface area contributed by atoms with Crippen molar-refractivity contribution in [2.75, 3.05) is 13.7 Å². The summed E-state index contributed by atoms with van der Waals surface area (Å²) in [6.45, 7) is 11.1. The summed E-state index contributed by atoms with van der Waals surface area (Å²) >= 11 is 9.52. The number of halogens is 2. The highest BCUT2D eigenvalue weighted by molar-refractivity contribution is 9.11. The Morgan fingerprint density at radius 1 is 1.40 bits per heavy atom. The van der Waals surface area contributed by atoms with Gasteiger partial charge in [-0.3, -0.25) is 0 Å². The van der Waals surface area contributed by atoms with Gasteiger partial charge in [0.25, 0.3) is 0 Å². The van der Waals surface area contributed by atoms with Gasteiger partial charge in [-0.2, -0.15) is 0 Å². The number of nitrogens with one attached hydrogen (secondary N) is 1. The van der Waals surface area contributed by atoms with E-state index >= 15 is 0 Å². The zero-order valence-corrected chi connectivity index (χ0v) is 14.7. The monoisotopic (exact) mass is 361 g/mol. The van der Waals surface area contributed by atoms with Crippen LogP contribution in [0.4, 0.5) is 0 Å². The fourth-order valence-corrected chi connectivity index (χ4v) is 1.94. The quantitative estimate of drug-likeness (QED) is 0.807. The van der Waals surface area contributed by atoms with Crippen molar-refractivity contribution in [1.82, 2.24) is 5.32 Å². The average molecular weight is 363 g/mol. The maximum Gasteiger partial charge on any atom is 0.180 e. The lowest BCUT2D eigenvalue weighted by Crippen LogP contribution is -2.35. The number of benzene rings is 1. The Balaban J connectivity index is 2.92. The molecule has 1 aromatic carbocycles. The van der Waals surface area contributed by atoms with E-state index in [0.29, 0.717) is 29.7 Å². The van der Waals surface area contributed by atoms with Gasteiger partial charge in [-0.05, 0) is 38.5 Å². The van der Waals surface area contributed by atoms with Crippen molar-refractivity contribution in [3.63, 3.8) is 0 Å². The van der Waals surface area contributed by atoms with Gasteiger partial charge in [0.15, 0.2) is 11.5 Å². The van der Waals surface area contributed by atoms with Gasteiger partial charge in [-0.1, -0.05) is 34.1 Å². The molecule has 0 saturated heterocycles. The minimum atomic E-state index is 0.0442. The average Bonchev–Trinajstić information content (AvgIpc) is 2.33. The van der Waals surface area contributed by atoms with Gasteiger partial charge in [-0.15, -0.1) is 0 Å². The van der Waals surface area contributed by atoms with E-state index in [1.54, 1.807) is 7.11 Å². The van der Waals surface area contributed by atoms with Crippen LogP contribution < -0.4 is 14.8 Å². The number of methoxy groups -OCH3 is 1. The first kappa shape index (κ1) is 17.3. The SMILES string of the molecule is C=C(Br)COc1c(Cl)cc(CNC(C)(C)C)cc1OC. The van der Waals surface area contributed by atoms with Crippen molar-refractivity contribution < 1.29 is 9.47 Å². The van der Waals surface area contributed by atoms with Crippen LogP contribution in [0.2, 0.25) is 5.02 Å². The Labute approximate surface area is 134 Å². The lowest BCUT2D eigenvalue weighted by Gasteiger charge is -2.21. The lowest BCUT2D eigenvalue weighted by molar-refractivity contribution is 0.324. The molecule has 0 aliphatic carbocycles. The smallest absolute Gasteiger partial charge is 0.180 e. The fourth-order valence-electron chi connectivity index (χ4n) is 1.53. The molecule has 112 valence electrons. The molecule has 0 saturated carbocycles. The molecule has 0 aliphatic heterocycles. The third kappa shape index (κ3) is 5.73. The molecule has 3 nitrogen and oxygen atoms in total. The number of hydrogen-bond donors (Lipinski definition) is 1. The Morgan fingerprint density at radius 3 is 2.55 bits per heavy atom. The van der Waals surface area contributed by atoms with Crippen molar-refractivity contribution in [3.05, 3.63) is 33.8 Å². The van der Waals surface area contributed by atoms with Crippen LogP contribution >= 0.6 is 27.5 Å². The van der Waals surface area contributed by atoms with Gasteiger partial charge in [0.1, 0.15) is 6.61 Å². The van der Waals surface area contributed by atoms with E-state index < -0.39 is 0 Å². The van der Waals surface area contributed by atoms with Gasteiger partial charge in [0, 0.05) is 16.6 Å². The first-order valence-electron chi connectivity index (χ1n) is 6.30. The topological polar surface area (TPSA) is 30.5 Å². The number of rotatable bonds is 6. The van der Waals surface area contributed by atoms with Crippen molar-refractivity contribution in [2.45, 2.75) is 32.9 Å². The van der Waals surface area contributed by atoms with Gasteiger partial charge < -0.3 is 14.8 Å². The van der Waals surface area contributed by atoms with Crippen molar-refractivity contribution in [3.8, 4) is 11.5 Å². The predicted molar refractivity (Wildman–Crippen MR) is 88.2 cm³/mol. The van der Waals surface area contributed by atoms with E-state index in [4.69, 9.17) is 21.1 Å². The number of hydrogen-bond acceptors (Lipinski definition) is 3. The summed E-state index contributed by atoms with van der Waals surface area (Å²) in [6.07, 6.45) is 0. The molecular weight excluding hydrogens is 342 g/mol. The van der Waals surface area contributed by atoms with Gasteiger partial charge in [0.2, 0.25) is 0 Å². The summed E-state index contributed by atoms with van der Waals surface area (Å²) in [6, 6.07) is 3.81. The molecule has 0 fully saturated rings. The molecule has 0 aromatic heterocycles. The van der Waals surface area contributed by atoms with E-state index in [1.807, 2.05) is 12.1 Å². The van der Waals surface area contributed by atoms with Crippen LogP contribution in [-0.4, -0.2) is 19.3 Å². The normalized spacial score (nSPS) is 11.3. The number of ether oxygens (including phenoxy) is 2. The van der Waals surface area contributed by atoms with Crippen molar-refractivity contribution >= 4 is 27.5 Å². The lowest BCUT2D eigenvalue weighted by atomic mass is 10.1. The molecular formula is C15H21BrClNO2. The Bertz CT molecular complexity index is 483. The molecule has 5 heteroatoms. The van der Waals surface area contributed by atoms with Crippen LogP contribution in [0.25, 0.3) is 0 Å². The van der Waals surface area contributed by atoms with E-state index in [1.165, 1.54) is 0 Å². The molecule has 0 bridgehead atoms. The largest absolute Gasteiger partial charge is 0.493 e. The molecule has 0 heterocycles. The van der Waals surface area contributed by atoms with Crippen molar-refractivity contribution in [1.29, 1.82) is 0 Å². The van der Waals surface area contributed by atoms with Crippen LogP contribution in [0.15, 0.2) is 23.2 Å². The third-order valence-electron chi connectivity index (χ3n) is 2.49. The zero-order valence-electron chi connectivity index (χ0n) is 12.3. The summed E-state index contributed by atoms with van der Waals surface area (Å²) in [7, 11) is 1.60. The van der Waals surface area contributed by atoms with E-state index in [2.05, 4.69) is 48.6 Å². The van der Waals surface area contributed by atoms with E-state index in [0.717, 1.165) is 10.0 Å². The summed E-state index contributed by atoms with van der Waals surface area (Å²) in [5.74, 6) is 1.16. The highest BCUT2D eigenvalue weighted by Gasteiger charge is 2.14. The standard InChI is InChI=1S/C15H21BrClNO2/c1-10(16)9-20-14-12(17)6-11(7-13(14)19-5)8-18-15(2,3)4/h6-7,18H,1,8-9H2,2-5H3. The van der Waals surface area contributed by atoms with Gasteiger partial charge >= 0.3 is 0 Å². The highest BCUT2D eigenvalue weighted by Crippen LogP contribution is 2.36. The Morgan fingerprint density at radius 2 is 2.05 bits per heavy atom. The predicted octanol–water partition coefficient (Wildman–Crippen LogP) is 4.52. The maximum atomic E-state index is 6.27.